The van der Waals surface area contributed by atoms with Crippen LogP contribution in [0.3, 0.4) is 0 Å². The second-order valence-electron chi connectivity index (χ2n) is 6.36. The van der Waals surface area contributed by atoms with Gasteiger partial charge in [0.05, 0.1) is 25.4 Å². The minimum atomic E-state index is -0.116. The maximum atomic E-state index is 11.0. The van der Waals surface area contributed by atoms with Crippen LogP contribution in [0.15, 0.2) is 4.99 Å². The van der Waals surface area contributed by atoms with Gasteiger partial charge in [0, 0.05) is 19.5 Å². The fourth-order valence-electron chi connectivity index (χ4n) is 3.31. The molecule has 3 unspecified atom stereocenters. The Labute approximate surface area is 139 Å². The highest BCUT2D eigenvalue weighted by Crippen LogP contribution is 2.34. The van der Waals surface area contributed by atoms with E-state index in [2.05, 4.69) is 27.3 Å². The maximum Gasteiger partial charge on any atom is 0.305 e. The molecule has 6 heteroatoms. The number of aliphatic imine (C=N–C) groups is 1. The topological polar surface area (TPSA) is 72.0 Å². The lowest BCUT2D eigenvalue weighted by molar-refractivity contribution is -0.140. The predicted octanol–water partition coefficient (Wildman–Crippen LogP) is 1.98. The van der Waals surface area contributed by atoms with Gasteiger partial charge in [0.15, 0.2) is 5.96 Å². The van der Waals surface area contributed by atoms with E-state index in [0.717, 1.165) is 51.2 Å². The number of ether oxygens (including phenoxy) is 2. The molecule has 0 spiro atoms. The third-order valence-corrected chi connectivity index (χ3v) is 4.56. The molecule has 2 saturated heterocycles. The molecule has 2 N–H and O–H groups in total. The summed E-state index contributed by atoms with van der Waals surface area (Å²) in [5, 5.41) is 6.84. The summed E-state index contributed by atoms with van der Waals surface area (Å²) >= 11 is 0. The fraction of sp³-hybridized carbons (Fsp3) is 0.882. The van der Waals surface area contributed by atoms with Gasteiger partial charge in [-0.05, 0) is 39.0 Å². The highest BCUT2D eigenvalue weighted by atomic mass is 16.5. The molecule has 3 atom stereocenters. The van der Waals surface area contributed by atoms with Gasteiger partial charge in [-0.1, -0.05) is 12.8 Å². The van der Waals surface area contributed by atoms with Crippen LogP contribution in [0.25, 0.3) is 0 Å². The molecular weight excluding hydrogens is 294 g/mol. The van der Waals surface area contributed by atoms with Crippen LogP contribution < -0.4 is 10.6 Å². The third kappa shape index (κ3) is 6.01. The third-order valence-electron chi connectivity index (χ3n) is 4.56. The summed E-state index contributed by atoms with van der Waals surface area (Å²) in [5.41, 5.74) is 0. The lowest BCUT2D eigenvalue weighted by Gasteiger charge is -2.22. The quantitative estimate of drug-likeness (QED) is 0.293. The first-order chi connectivity index (χ1) is 11.2. The van der Waals surface area contributed by atoms with Crippen molar-refractivity contribution >= 4 is 11.9 Å². The summed E-state index contributed by atoms with van der Waals surface area (Å²) in [5.74, 6) is 0.790. The van der Waals surface area contributed by atoms with E-state index < -0.39 is 0 Å². The minimum Gasteiger partial charge on any atom is -0.469 e. The Kier molecular flexibility index (Phi) is 7.65. The molecule has 0 aliphatic carbocycles. The summed E-state index contributed by atoms with van der Waals surface area (Å²) in [7, 11) is 1.44. The number of fused-ring (bicyclic) bond motifs is 2. The van der Waals surface area contributed by atoms with Crippen molar-refractivity contribution in [2.45, 2.75) is 76.5 Å². The Bertz CT molecular complexity index is 401. The number of carbonyl (C=O) groups is 1. The first-order valence-corrected chi connectivity index (χ1v) is 9.00. The lowest BCUT2D eigenvalue weighted by atomic mass is 9.96. The summed E-state index contributed by atoms with van der Waals surface area (Å²) < 4.78 is 10.5. The number of carbonyl (C=O) groups excluding carboxylic acids is 1. The minimum absolute atomic E-state index is 0.116. The molecule has 2 bridgehead atoms. The number of methoxy groups -OCH3 is 1. The molecule has 2 heterocycles. The number of hydrogen-bond acceptors (Lipinski definition) is 4. The number of nitrogens with one attached hydrogen (secondary N) is 2. The molecule has 0 saturated carbocycles. The number of esters is 1. The second kappa shape index (κ2) is 9.75. The van der Waals surface area contributed by atoms with Crippen molar-refractivity contribution in [2.24, 2.45) is 4.99 Å². The van der Waals surface area contributed by atoms with Crippen molar-refractivity contribution in [3.8, 4) is 0 Å². The van der Waals surface area contributed by atoms with Crippen LogP contribution >= 0.6 is 0 Å². The van der Waals surface area contributed by atoms with Gasteiger partial charge in [0.2, 0.25) is 0 Å². The summed E-state index contributed by atoms with van der Waals surface area (Å²) in [6.07, 6.45) is 8.91. The van der Waals surface area contributed by atoms with Crippen molar-refractivity contribution in [1.82, 2.24) is 10.6 Å². The van der Waals surface area contributed by atoms with Crippen molar-refractivity contribution < 1.29 is 14.3 Å². The highest BCUT2D eigenvalue weighted by Gasteiger charge is 2.41. The van der Waals surface area contributed by atoms with E-state index in [-0.39, 0.29) is 5.97 Å². The van der Waals surface area contributed by atoms with Crippen molar-refractivity contribution in [3.05, 3.63) is 0 Å². The molecular formula is C17H31N3O3. The lowest BCUT2D eigenvalue weighted by Crippen LogP contribution is -2.47. The molecule has 132 valence electrons. The van der Waals surface area contributed by atoms with E-state index in [9.17, 15) is 4.79 Å². The molecule has 0 radical (unpaired) electrons. The number of guanidine groups is 1. The van der Waals surface area contributed by atoms with E-state index in [4.69, 9.17) is 4.74 Å². The number of unbranched alkanes of at least 4 members (excludes halogenated alkanes) is 3. The van der Waals surface area contributed by atoms with E-state index in [1.165, 1.54) is 20.0 Å². The smallest absolute Gasteiger partial charge is 0.305 e. The van der Waals surface area contributed by atoms with E-state index >= 15 is 0 Å². The molecule has 0 aromatic rings. The van der Waals surface area contributed by atoms with Crippen LogP contribution in [0.5, 0.6) is 0 Å². The van der Waals surface area contributed by atoms with E-state index in [1.807, 2.05) is 0 Å². The van der Waals surface area contributed by atoms with Gasteiger partial charge >= 0.3 is 5.97 Å². The predicted molar refractivity (Wildman–Crippen MR) is 90.5 cm³/mol. The van der Waals surface area contributed by atoms with Gasteiger partial charge in [-0.3, -0.25) is 9.79 Å². The monoisotopic (exact) mass is 325 g/mol. The normalized spacial score (nSPS) is 26.3. The Hall–Kier alpha value is -1.30. The molecule has 0 aromatic carbocycles. The zero-order chi connectivity index (χ0) is 16.5. The maximum absolute atomic E-state index is 11.0. The highest BCUT2D eigenvalue weighted by molar-refractivity contribution is 5.80. The average molecular weight is 325 g/mol. The number of nitrogens with zero attached hydrogens (tertiary/aromatic N) is 1. The molecule has 2 aliphatic rings. The molecule has 0 aromatic heterocycles. The Balaban J connectivity index is 1.61. The molecule has 2 fully saturated rings. The standard InChI is InChI=1S/C17H31N3O3/c1-3-18-17(20-14-12-13-9-10-15(14)23-13)19-11-7-5-4-6-8-16(21)22-2/h13-15H,3-12H2,1-2H3,(H2,18,19,20). The zero-order valence-electron chi connectivity index (χ0n) is 14.5. The van der Waals surface area contributed by atoms with Crippen LogP contribution in [0.1, 0.15) is 58.3 Å². The molecule has 0 amide bonds. The Morgan fingerprint density at radius 3 is 2.74 bits per heavy atom. The SMILES string of the molecule is CCNC(=NCCCCCCC(=O)OC)NC1CC2CCC1O2. The average Bonchev–Trinajstić information content (AvgIpc) is 3.16. The summed E-state index contributed by atoms with van der Waals surface area (Å²) in [6.45, 7) is 3.77. The summed E-state index contributed by atoms with van der Waals surface area (Å²) in [4.78, 5) is 15.7. The van der Waals surface area contributed by atoms with Gasteiger partial charge in [0.25, 0.3) is 0 Å². The number of rotatable bonds is 9. The second-order valence-corrected chi connectivity index (χ2v) is 6.36. The molecule has 6 nitrogen and oxygen atoms in total. The Morgan fingerprint density at radius 1 is 1.26 bits per heavy atom. The van der Waals surface area contributed by atoms with Crippen molar-refractivity contribution in [2.75, 3.05) is 20.2 Å². The molecule has 2 aliphatic heterocycles. The van der Waals surface area contributed by atoms with Crippen molar-refractivity contribution in [1.29, 1.82) is 0 Å². The van der Waals surface area contributed by atoms with Gasteiger partial charge < -0.3 is 20.1 Å². The van der Waals surface area contributed by atoms with E-state index in [0.29, 0.717) is 24.7 Å². The zero-order valence-corrected chi connectivity index (χ0v) is 14.5. The van der Waals surface area contributed by atoms with Gasteiger partial charge in [-0.2, -0.15) is 0 Å². The Morgan fingerprint density at radius 2 is 2.09 bits per heavy atom. The molecule has 2 rings (SSSR count). The van der Waals surface area contributed by atoms with Gasteiger partial charge in [-0.25, -0.2) is 0 Å². The fourth-order valence-corrected chi connectivity index (χ4v) is 3.31. The van der Waals surface area contributed by atoms with Crippen LogP contribution in [0.2, 0.25) is 0 Å². The first-order valence-electron chi connectivity index (χ1n) is 9.00. The van der Waals surface area contributed by atoms with E-state index in [1.54, 1.807) is 0 Å². The molecule has 23 heavy (non-hydrogen) atoms. The van der Waals surface area contributed by atoms with Gasteiger partial charge in [-0.15, -0.1) is 0 Å². The van der Waals surface area contributed by atoms with Gasteiger partial charge in [0.1, 0.15) is 0 Å². The van der Waals surface area contributed by atoms with Crippen LogP contribution in [0.4, 0.5) is 0 Å². The van der Waals surface area contributed by atoms with Crippen LogP contribution in [-0.2, 0) is 14.3 Å². The van der Waals surface area contributed by atoms with Crippen LogP contribution in [-0.4, -0.2) is 50.4 Å². The number of hydrogen-bond donors (Lipinski definition) is 2. The largest absolute Gasteiger partial charge is 0.469 e. The summed E-state index contributed by atoms with van der Waals surface area (Å²) in [6, 6.07) is 0.409. The van der Waals surface area contributed by atoms with Crippen LogP contribution in [0, 0.1) is 0 Å². The first kappa shape index (κ1) is 18.0. The van der Waals surface area contributed by atoms with Crippen molar-refractivity contribution in [3.63, 3.8) is 0 Å².